The van der Waals surface area contributed by atoms with Gasteiger partial charge in [0.2, 0.25) is 5.13 Å². The summed E-state index contributed by atoms with van der Waals surface area (Å²) in [6.07, 6.45) is -4.78. The number of aryl methyl sites for hydroxylation is 1. The summed E-state index contributed by atoms with van der Waals surface area (Å²) in [5.74, 6) is 0. The van der Waals surface area contributed by atoms with Crippen molar-refractivity contribution in [2.24, 2.45) is 0 Å². The average molecular weight is 225 g/mol. The van der Waals surface area contributed by atoms with Gasteiger partial charge in [0.25, 0.3) is 0 Å². The minimum Gasteiger partial charge on any atom is -0.360 e. The standard InChI is InChI=1S/C7H10F3N3S/c1-5-12-13-6(14-5)11-4-2-3-7(8,9)10/h2-4H2,1H3,(H,11,13). The van der Waals surface area contributed by atoms with Gasteiger partial charge in [0, 0.05) is 13.0 Å². The number of nitrogens with one attached hydrogen (secondary N) is 1. The molecule has 3 nitrogen and oxygen atoms in total. The number of rotatable bonds is 4. The van der Waals surface area contributed by atoms with E-state index < -0.39 is 12.6 Å². The van der Waals surface area contributed by atoms with E-state index in [0.29, 0.717) is 5.13 Å². The van der Waals surface area contributed by atoms with Crippen molar-refractivity contribution >= 4 is 16.5 Å². The van der Waals surface area contributed by atoms with Gasteiger partial charge in [0.05, 0.1) is 0 Å². The van der Waals surface area contributed by atoms with Crippen LogP contribution in [0.3, 0.4) is 0 Å². The maximum Gasteiger partial charge on any atom is 0.389 e. The van der Waals surface area contributed by atoms with E-state index in [0.717, 1.165) is 5.01 Å². The van der Waals surface area contributed by atoms with E-state index in [1.165, 1.54) is 11.3 Å². The maximum atomic E-state index is 11.7. The summed E-state index contributed by atoms with van der Waals surface area (Å²) in [7, 11) is 0. The number of anilines is 1. The first-order valence-corrected chi connectivity index (χ1v) is 4.90. The Labute approximate surface area is 83.4 Å². The number of alkyl halides is 3. The molecule has 0 unspecified atom stereocenters. The molecule has 1 rings (SSSR count). The minimum absolute atomic E-state index is 0.0577. The van der Waals surface area contributed by atoms with Crippen LogP contribution in [-0.2, 0) is 0 Å². The number of hydrogen-bond acceptors (Lipinski definition) is 4. The first kappa shape index (κ1) is 11.2. The number of nitrogens with zero attached hydrogens (tertiary/aromatic N) is 2. The van der Waals surface area contributed by atoms with Gasteiger partial charge in [-0.05, 0) is 13.3 Å². The highest BCUT2D eigenvalue weighted by Gasteiger charge is 2.25. The van der Waals surface area contributed by atoms with Crippen LogP contribution in [0, 0.1) is 6.92 Å². The third-order valence-corrected chi connectivity index (χ3v) is 2.24. The zero-order chi connectivity index (χ0) is 10.6. The van der Waals surface area contributed by atoms with Crippen LogP contribution >= 0.6 is 11.3 Å². The van der Waals surface area contributed by atoms with E-state index in [1.54, 1.807) is 6.92 Å². The summed E-state index contributed by atoms with van der Waals surface area (Å²) < 4.78 is 35.2. The van der Waals surface area contributed by atoms with E-state index in [1.807, 2.05) is 0 Å². The zero-order valence-electron chi connectivity index (χ0n) is 7.56. The summed E-state index contributed by atoms with van der Waals surface area (Å²) in [5, 5.41) is 11.6. The fraction of sp³-hybridized carbons (Fsp3) is 0.714. The van der Waals surface area contributed by atoms with Crippen LogP contribution in [0.1, 0.15) is 17.8 Å². The number of halogens is 3. The summed E-state index contributed by atoms with van der Waals surface area (Å²) in [4.78, 5) is 0. The van der Waals surface area contributed by atoms with Gasteiger partial charge in [-0.1, -0.05) is 11.3 Å². The molecule has 0 spiro atoms. The number of hydrogen-bond donors (Lipinski definition) is 1. The molecule has 0 saturated carbocycles. The van der Waals surface area contributed by atoms with Gasteiger partial charge in [-0.2, -0.15) is 13.2 Å². The lowest BCUT2D eigenvalue weighted by Crippen LogP contribution is -2.10. The second kappa shape index (κ2) is 4.59. The Bertz CT molecular complexity index is 284. The Morgan fingerprint density at radius 3 is 2.57 bits per heavy atom. The van der Waals surface area contributed by atoms with Crippen molar-refractivity contribution in [3.63, 3.8) is 0 Å². The Morgan fingerprint density at radius 1 is 1.36 bits per heavy atom. The first-order valence-electron chi connectivity index (χ1n) is 4.08. The third kappa shape index (κ3) is 4.40. The normalized spacial score (nSPS) is 11.7. The first-order chi connectivity index (χ1) is 6.47. The predicted molar refractivity (Wildman–Crippen MR) is 48.4 cm³/mol. The molecule has 0 fully saturated rings. The smallest absolute Gasteiger partial charge is 0.360 e. The molecule has 0 radical (unpaired) electrons. The molecule has 1 aromatic heterocycles. The average Bonchev–Trinajstić information content (AvgIpc) is 2.44. The molecule has 14 heavy (non-hydrogen) atoms. The molecular weight excluding hydrogens is 215 g/mol. The van der Waals surface area contributed by atoms with Gasteiger partial charge in [-0.25, -0.2) is 0 Å². The van der Waals surface area contributed by atoms with Crippen molar-refractivity contribution in [1.82, 2.24) is 10.2 Å². The Hall–Kier alpha value is -0.850. The van der Waals surface area contributed by atoms with Gasteiger partial charge in [0.1, 0.15) is 5.01 Å². The molecule has 0 amide bonds. The van der Waals surface area contributed by atoms with Crippen LogP contribution in [-0.4, -0.2) is 22.9 Å². The molecule has 0 bridgehead atoms. The second-order valence-corrected chi connectivity index (χ2v) is 3.95. The summed E-state index contributed by atoms with van der Waals surface area (Å²) in [6, 6.07) is 0. The van der Waals surface area contributed by atoms with Crippen LogP contribution in [0.2, 0.25) is 0 Å². The Kier molecular flexibility index (Phi) is 3.68. The minimum atomic E-state index is -4.07. The van der Waals surface area contributed by atoms with Gasteiger partial charge in [-0.3, -0.25) is 0 Å². The van der Waals surface area contributed by atoms with E-state index in [9.17, 15) is 13.2 Å². The molecule has 0 atom stereocenters. The SMILES string of the molecule is Cc1nnc(NCCCC(F)(F)F)s1. The van der Waals surface area contributed by atoms with Crippen LogP contribution in [0.4, 0.5) is 18.3 Å². The molecule has 0 aliphatic rings. The van der Waals surface area contributed by atoms with Crippen molar-refractivity contribution < 1.29 is 13.2 Å². The lowest BCUT2D eigenvalue weighted by molar-refractivity contribution is -0.134. The fourth-order valence-electron chi connectivity index (χ4n) is 0.852. The zero-order valence-corrected chi connectivity index (χ0v) is 8.37. The highest BCUT2D eigenvalue weighted by Crippen LogP contribution is 2.21. The van der Waals surface area contributed by atoms with Gasteiger partial charge in [0.15, 0.2) is 0 Å². The molecule has 7 heteroatoms. The largest absolute Gasteiger partial charge is 0.389 e. The fourth-order valence-corrected chi connectivity index (χ4v) is 1.47. The molecule has 0 saturated heterocycles. The quantitative estimate of drug-likeness (QED) is 0.800. The lowest BCUT2D eigenvalue weighted by Gasteiger charge is -2.05. The van der Waals surface area contributed by atoms with E-state index in [2.05, 4.69) is 15.5 Å². The Morgan fingerprint density at radius 2 is 2.07 bits per heavy atom. The highest BCUT2D eigenvalue weighted by molar-refractivity contribution is 7.15. The van der Waals surface area contributed by atoms with Crippen molar-refractivity contribution in [2.75, 3.05) is 11.9 Å². The van der Waals surface area contributed by atoms with E-state index in [-0.39, 0.29) is 13.0 Å². The molecule has 0 aromatic carbocycles. The molecule has 1 heterocycles. The topological polar surface area (TPSA) is 37.8 Å². The third-order valence-electron chi connectivity index (χ3n) is 1.44. The molecule has 1 aromatic rings. The van der Waals surface area contributed by atoms with Crippen molar-refractivity contribution in [2.45, 2.75) is 25.9 Å². The van der Waals surface area contributed by atoms with E-state index >= 15 is 0 Å². The summed E-state index contributed by atoms with van der Waals surface area (Å²) in [6.45, 7) is 2.06. The van der Waals surface area contributed by atoms with Crippen molar-refractivity contribution in [3.8, 4) is 0 Å². The van der Waals surface area contributed by atoms with Crippen LogP contribution in [0.15, 0.2) is 0 Å². The van der Waals surface area contributed by atoms with Gasteiger partial charge < -0.3 is 5.32 Å². The van der Waals surface area contributed by atoms with E-state index in [4.69, 9.17) is 0 Å². The number of aromatic nitrogens is 2. The summed E-state index contributed by atoms with van der Waals surface area (Å²) >= 11 is 1.33. The Balaban J connectivity index is 2.16. The molecule has 1 N–H and O–H groups in total. The summed E-state index contributed by atoms with van der Waals surface area (Å²) in [5.41, 5.74) is 0. The van der Waals surface area contributed by atoms with Crippen molar-refractivity contribution in [3.05, 3.63) is 5.01 Å². The molecule has 80 valence electrons. The van der Waals surface area contributed by atoms with Crippen molar-refractivity contribution in [1.29, 1.82) is 0 Å². The van der Waals surface area contributed by atoms with Gasteiger partial charge in [-0.15, -0.1) is 10.2 Å². The molecule has 0 aliphatic heterocycles. The predicted octanol–water partition coefficient (Wildman–Crippen LogP) is 2.60. The van der Waals surface area contributed by atoms with Crippen LogP contribution < -0.4 is 5.32 Å². The lowest BCUT2D eigenvalue weighted by atomic mass is 10.3. The highest BCUT2D eigenvalue weighted by atomic mass is 32.1. The monoisotopic (exact) mass is 225 g/mol. The molecular formula is C7H10F3N3S. The molecule has 0 aliphatic carbocycles. The second-order valence-electron chi connectivity index (χ2n) is 2.77. The maximum absolute atomic E-state index is 11.7. The van der Waals surface area contributed by atoms with Crippen LogP contribution in [0.5, 0.6) is 0 Å². The van der Waals surface area contributed by atoms with Gasteiger partial charge >= 0.3 is 6.18 Å². The van der Waals surface area contributed by atoms with Crippen LogP contribution in [0.25, 0.3) is 0 Å².